The molecule has 0 radical (unpaired) electrons. The normalized spacial score (nSPS) is 12.5. The Bertz CT molecular complexity index is 952. The van der Waals surface area contributed by atoms with Crippen LogP contribution in [0.4, 0.5) is 8.78 Å². The fourth-order valence-electron chi connectivity index (χ4n) is 2.17. The van der Waals surface area contributed by atoms with E-state index < -0.39 is 11.7 Å². The molecule has 0 spiro atoms. The fraction of sp³-hybridized carbons (Fsp3) is 0. The van der Waals surface area contributed by atoms with Gasteiger partial charge in [-0.15, -0.1) is 0 Å². The van der Waals surface area contributed by atoms with Crippen molar-refractivity contribution < 1.29 is 13.2 Å². The van der Waals surface area contributed by atoms with Crippen molar-refractivity contribution in [2.45, 2.75) is 0 Å². The number of para-hydroxylation sites is 1. The van der Waals surface area contributed by atoms with Gasteiger partial charge >= 0.3 is 0 Å². The SMILES string of the molecule is C=C/C(F)=C(/F)c1ccc2oc3ccccc3c(=O)c2c1. The summed E-state index contributed by atoms with van der Waals surface area (Å²) in [5.41, 5.74) is 0.480. The Morgan fingerprint density at radius 3 is 2.52 bits per heavy atom. The lowest BCUT2D eigenvalue weighted by molar-refractivity contribution is 0.628. The van der Waals surface area contributed by atoms with Crippen molar-refractivity contribution in [1.82, 2.24) is 0 Å². The van der Waals surface area contributed by atoms with Gasteiger partial charge < -0.3 is 4.42 Å². The predicted molar refractivity (Wildman–Crippen MR) is 79.3 cm³/mol. The standard InChI is InChI=1S/C17H10F2O2/c1-2-13(18)16(19)10-7-8-15-12(9-10)17(20)11-5-3-4-6-14(11)21-15/h2-9H,1H2/b16-13-. The van der Waals surface area contributed by atoms with Gasteiger partial charge in [-0.25, -0.2) is 8.78 Å². The number of hydrogen-bond donors (Lipinski definition) is 0. The van der Waals surface area contributed by atoms with Gasteiger partial charge in [0.2, 0.25) is 5.43 Å². The molecule has 0 saturated heterocycles. The second-order valence-corrected chi connectivity index (χ2v) is 4.50. The Kier molecular flexibility index (Phi) is 3.14. The van der Waals surface area contributed by atoms with Crippen LogP contribution in [-0.4, -0.2) is 0 Å². The third-order valence-corrected chi connectivity index (χ3v) is 3.22. The molecule has 0 fully saturated rings. The van der Waals surface area contributed by atoms with Gasteiger partial charge in [-0.05, 0) is 36.4 Å². The Balaban J connectivity index is 2.37. The highest BCUT2D eigenvalue weighted by Crippen LogP contribution is 2.26. The second-order valence-electron chi connectivity index (χ2n) is 4.50. The maximum Gasteiger partial charge on any atom is 0.200 e. The largest absolute Gasteiger partial charge is 0.456 e. The number of fused-ring (bicyclic) bond motifs is 2. The van der Waals surface area contributed by atoms with E-state index in [1.165, 1.54) is 18.2 Å². The van der Waals surface area contributed by atoms with Crippen LogP contribution in [0.2, 0.25) is 0 Å². The summed E-state index contributed by atoms with van der Waals surface area (Å²) in [4.78, 5) is 12.4. The second kappa shape index (κ2) is 4.98. The lowest BCUT2D eigenvalue weighted by Crippen LogP contribution is -2.02. The van der Waals surface area contributed by atoms with Gasteiger partial charge in [0, 0.05) is 5.56 Å². The molecule has 4 heteroatoms. The molecular weight excluding hydrogens is 274 g/mol. The van der Waals surface area contributed by atoms with E-state index in [9.17, 15) is 13.6 Å². The van der Waals surface area contributed by atoms with Gasteiger partial charge in [0.25, 0.3) is 0 Å². The minimum Gasteiger partial charge on any atom is -0.456 e. The van der Waals surface area contributed by atoms with Crippen LogP contribution in [-0.2, 0) is 0 Å². The van der Waals surface area contributed by atoms with E-state index in [2.05, 4.69) is 6.58 Å². The highest BCUT2D eigenvalue weighted by Gasteiger charge is 2.11. The average Bonchev–Trinajstić information content (AvgIpc) is 2.53. The van der Waals surface area contributed by atoms with Crippen LogP contribution in [0.25, 0.3) is 27.8 Å². The van der Waals surface area contributed by atoms with Crippen molar-refractivity contribution in [3.63, 3.8) is 0 Å². The third kappa shape index (κ3) is 2.14. The molecule has 0 N–H and O–H groups in total. The summed E-state index contributed by atoms with van der Waals surface area (Å²) >= 11 is 0. The van der Waals surface area contributed by atoms with Gasteiger partial charge in [0.15, 0.2) is 11.7 Å². The van der Waals surface area contributed by atoms with Crippen LogP contribution in [0, 0.1) is 0 Å². The molecule has 0 aliphatic heterocycles. The van der Waals surface area contributed by atoms with Crippen LogP contribution >= 0.6 is 0 Å². The average molecular weight is 284 g/mol. The van der Waals surface area contributed by atoms with Crippen LogP contribution in [0.15, 0.2) is 70.2 Å². The topological polar surface area (TPSA) is 30.2 Å². The molecule has 3 aromatic rings. The molecule has 1 aromatic heterocycles. The lowest BCUT2D eigenvalue weighted by Gasteiger charge is -2.03. The first-order valence-electron chi connectivity index (χ1n) is 6.25. The highest BCUT2D eigenvalue weighted by atomic mass is 19.2. The molecular formula is C17H10F2O2. The Morgan fingerprint density at radius 1 is 1.05 bits per heavy atom. The number of rotatable bonds is 2. The lowest BCUT2D eigenvalue weighted by atomic mass is 10.1. The van der Waals surface area contributed by atoms with Crippen LogP contribution in [0.1, 0.15) is 5.56 Å². The molecule has 104 valence electrons. The summed E-state index contributed by atoms with van der Waals surface area (Å²) in [6, 6.07) is 10.9. The maximum absolute atomic E-state index is 13.8. The molecule has 0 bridgehead atoms. The highest BCUT2D eigenvalue weighted by molar-refractivity contribution is 5.91. The number of benzene rings is 2. The van der Waals surface area contributed by atoms with E-state index >= 15 is 0 Å². The first-order chi connectivity index (χ1) is 10.1. The molecule has 2 nitrogen and oxygen atoms in total. The van der Waals surface area contributed by atoms with E-state index in [-0.39, 0.29) is 16.4 Å². The van der Waals surface area contributed by atoms with Gasteiger partial charge in [-0.2, -0.15) is 0 Å². The zero-order valence-electron chi connectivity index (χ0n) is 10.9. The van der Waals surface area contributed by atoms with E-state index in [1.54, 1.807) is 24.3 Å². The molecule has 2 aromatic carbocycles. The van der Waals surface area contributed by atoms with Crippen molar-refractivity contribution >= 4 is 27.8 Å². The number of halogens is 2. The summed E-state index contributed by atoms with van der Waals surface area (Å²) in [5.74, 6) is -2.13. The van der Waals surface area contributed by atoms with Crippen molar-refractivity contribution in [3.05, 3.63) is 76.7 Å². The maximum atomic E-state index is 13.8. The molecule has 0 amide bonds. The number of hydrogen-bond acceptors (Lipinski definition) is 2. The Labute approximate surface area is 118 Å². The number of allylic oxidation sites excluding steroid dienone is 2. The minimum atomic E-state index is -1.07. The van der Waals surface area contributed by atoms with E-state index in [0.29, 0.717) is 16.6 Å². The molecule has 0 atom stereocenters. The minimum absolute atomic E-state index is 0.0255. The molecule has 0 aliphatic carbocycles. The summed E-state index contributed by atoms with van der Waals surface area (Å²) in [6.07, 6.45) is 0.780. The summed E-state index contributed by atoms with van der Waals surface area (Å²) in [6.45, 7) is 3.17. The Hall–Kier alpha value is -2.75. The molecule has 0 saturated carbocycles. The van der Waals surface area contributed by atoms with Gasteiger partial charge in [0.05, 0.1) is 10.8 Å². The smallest absolute Gasteiger partial charge is 0.200 e. The van der Waals surface area contributed by atoms with Gasteiger partial charge in [-0.3, -0.25) is 4.79 Å². The van der Waals surface area contributed by atoms with E-state index in [1.807, 2.05) is 0 Å². The molecule has 21 heavy (non-hydrogen) atoms. The monoisotopic (exact) mass is 284 g/mol. The zero-order chi connectivity index (χ0) is 15.0. The summed E-state index contributed by atoms with van der Waals surface area (Å²) in [7, 11) is 0. The first kappa shape index (κ1) is 13.2. The molecule has 0 aliphatic rings. The fourth-order valence-corrected chi connectivity index (χ4v) is 2.17. The van der Waals surface area contributed by atoms with E-state index in [0.717, 1.165) is 6.08 Å². The first-order valence-corrected chi connectivity index (χ1v) is 6.25. The van der Waals surface area contributed by atoms with Crippen LogP contribution in [0.5, 0.6) is 0 Å². The molecule has 1 heterocycles. The van der Waals surface area contributed by atoms with Crippen molar-refractivity contribution in [2.24, 2.45) is 0 Å². The summed E-state index contributed by atoms with van der Waals surface area (Å²) in [5, 5.41) is 0.606. The van der Waals surface area contributed by atoms with Crippen molar-refractivity contribution in [1.29, 1.82) is 0 Å². The molecule has 0 unspecified atom stereocenters. The van der Waals surface area contributed by atoms with Crippen molar-refractivity contribution in [3.8, 4) is 0 Å². The predicted octanol–water partition coefficient (Wildman–Crippen LogP) is 4.74. The summed E-state index contributed by atoms with van der Waals surface area (Å²) < 4.78 is 32.6. The van der Waals surface area contributed by atoms with E-state index in [4.69, 9.17) is 4.42 Å². The molecule has 3 rings (SSSR count). The van der Waals surface area contributed by atoms with Crippen molar-refractivity contribution in [2.75, 3.05) is 0 Å². The Morgan fingerprint density at radius 2 is 1.76 bits per heavy atom. The quantitative estimate of drug-likeness (QED) is 0.502. The zero-order valence-corrected chi connectivity index (χ0v) is 10.9. The van der Waals surface area contributed by atoms with Crippen LogP contribution < -0.4 is 5.43 Å². The van der Waals surface area contributed by atoms with Gasteiger partial charge in [0.1, 0.15) is 11.2 Å². The third-order valence-electron chi connectivity index (χ3n) is 3.22. The van der Waals surface area contributed by atoms with Gasteiger partial charge in [-0.1, -0.05) is 18.7 Å². The van der Waals surface area contributed by atoms with Crippen LogP contribution in [0.3, 0.4) is 0 Å².